The van der Waals surface area contributed by atoms with Gasteiger partial charge in [-0.3, -0.25) is 9.69 Å². The molecule has 0 saturated carbocycles. The second kappa shape index (κ2) is 10.1. The molecule has 1 amide bonds. The second-order valence-corrected chi connectivity index (χ2v) is 6.65. The number of hydrogen-bond donors (Lipinski definition) is 2. The van der Waals surface area contributed by atoms with Gasteiger partial charge in [0.1, 0.15) is 11.8 Å². The highest BCUT2D eigenvalue weighted by Crippen LogP contribution is 2.24. The van der Waals surface area contributed by atoms with E-state index >= 15 is 0 Å². The smallest absolute Gasteiger partial charge is 0.241 e. The zero-order valence-corrected chi connectivity index (χ0v) is 16.7. The average Bonchev–Trinajstić information content (AvgIpc) is 2.71. The van der Waals surface area contributed by atoms with Crippen LogP contribution in [0.5, 0.6) is 5.75 Å². The van der Waals surface area contributed by atoms with Crippen LogP contribution in [0.1, 0.15) is 42.6 Å². The number of amides is 1. The van der Waals surface area contributed by atoms with Crippen molar-refractivity contribution in [2.45, 2.75) is 32.9 Å². The van der Waals surface area contributed by atoms with E-state index in [0.717, 1.165) is 35.5 Å². The largest absolute Gasteiger partial charge is 0.497 e. The van der Waals surface area contributed by atoms with Crippen LogP contribution in [-0.2, 0) is 4.79 Å². The number of benzene rings is 2. The number of carbonyl (C=O) groups is 1. The quantitative estimate of drug-likeness (QED) is 0.712. The Morgan fingerprint density at radius 1 is 1.11 bits per heavy atom. The van der Waals surface area contributed by atoms with Gasteiger partial charge in [-0.2, -0.15) is 0 Å². The minimum atomic E-state index is -0.673. The van der Waals surface area contributed by atoms with Crippen LogP contribution in [0, 0.1) is 6.92 Å². The molecule has 0 aromatic heterocycles. The first-order valence-electron chi connectivity index (χ1n) is 9.48. The van der Waals surface area contributed by atoms with Crippen molar-refractivity contribution in [1.29, 1.82) is 0 Å². The molecule has 0 spiro atoms. The number of nitrogens with two attached hydrogens (primary N) is 1. The minimum Gasteiger partial charge on any atom is -0.497 e. The zero-order valence-electron chi connectivity index (χ0n) is 16.7. The molecule has 0 radical (unpaired) electrons. The van der Waals surface area contributed by atoms with Gasteiger partial charge in [0.25, 0.3) is 0 Å². The van der Waals surface area contributed by atoms with Gasteiger partial charge in [0, 0.05) is 6.54 Å². The Bertz CT molecular complexity index is 727. The molecule has 0 aliphatic rings. The molecule has 5 heteroatoms. The van der Waals surface area contributed by atoms with Crippen LogP contribution < -0.4 is 15.8 Å². The van der Waals surface area contributed by atoms with Crippen molar-refractivity contribution in [2.75, 3.05) is 26.7 Å². The predicted molar refractivity (Wildman–Crippen MR) is 110 cm³/mol. The molecule has 2 unspecified atom stereocenters. The maximum absolute atomic E-state index is 12.6. The molecule has 27 heavy (non-hydrogen) atoms. The Morgan fingerprint density at radius 3 is 2.37 bits per heavy atom. The summed E-state index contributed by atoms with van der Waals surface area (Å²) in [6, 6.07) is 15.1. The van der Waals surface area contributed by atoms with Crippen LogP contribution in [0.4, 0.5) is 0 Å². The normalized spacial score (nSPS) is 13.3. The molecule has 0 aliphatic carbocycles. The third-order valence-corrected chi connectivity index (χ3v) is 4.92. The minimum absolute atomic E-state index is 0.0595. The predicted octanol–water partition coefficient (Wildman–Crippen LogP) is 3.20. The third-order valence-electron chi connectivity index (χ3n) is 4.92. The summed E-state index contributed by atoms with van der Waals surface area (Å²) in [4.78, 5) is 14.9. The molecule has 0 saturated heterocycles. The zero-order chi connectivity index (χ0) is 19.8. The molecule has 2 aromatic carbocycles. The van der Waals surface area contributed by atoms with Crippen molar-refractivity contribution in [3.05, 3.63) is 65.2 Å². The summed E-state index contributed by atoms with van der Waals surface area (Å²) in [5.74, 6) is 0.645. The summed E-state index contributed by atoms with van der Waals surface area (Å²) in [5, 5.41) is 3.03. The van der Waals surface area contributed by atoms with E-state index in [1.807, 2.05) is 49.4 Å². The molecule has 2 atom stereocenters. The van der Waals surface area contributed by atoms with Crippen molar-refractivity contribution < 1.29 is 9.53 Å². The SMILES string of the molecule is CCN(CC)C(CNC(=O)C(N)c1ccc(C)cc1)c1cccc(OC)c1. The van der Waals surface area contributed by atoms with E-state index in [0.29, 0.717) is 6.54 Å². The molecule has 2 rings (SSSR count). The standard InChI is InChI=1S/C22H31N3O2/c1-5-25(6-2)20(18-8-7-9-19(14-18)27-4)15-24-22(26)21(23)17-12-10-16(3)11-13-17/h7-14,20-21H,5-6,15,23H2,1-4H3,(H,24,26). The fourth-order valence-electron chi connectivity index (χ4n) is 3.20. The van der Waals surface area contributed by atoms with E-state index in [1.54, 1.807) is 7.11 Å². The molecule has 5 nitrogen and oxygen atoms in total. The highest BCUT2D eigenvalue weighted by Gasteiger charge is 2.22. The summed E-state index contributed by atoms with van der Waals surface area (Å²) in [7, 11) is 1.66. The molecule has 146 valence electrons. The first kappa shape index (κ1) is 20.9. The number of carbonyl (C=O) groups excluding carboxylic acids is 1. The van der Waals surface area contributed by atoms with Crippen molar-refractivity contribution in [2.24, 2.45) is 5.73 Å². The van der Waals surface area contributed by atoms with Crippen LogP contribution in [0.3, 0.4) is 0 Å². The van der Waals surface area contributed by atoms with Gasteiger partial charge < -0.3 is 15.8 Å². The topological polar surface area (TPSA) is 67.6 Å². The van der Waals surface area contributed by atoms with E-state index in [2.05, 4.69) is 30.1 Å². The lowest BCUT2D eigenvalue weighted by atomic mass is 10.0. The highest BCUT2D eigenvalue weighted by atomic mass is 16.5. The number of aryl methyl sites for hydroxylation is 1. The highest BCUT2D eigenvalue weighted by molar-refractivity contribution is 5.83. The van der Waals surface area contributed by atoms with E-state index in [-0.39, 0.29) is 11.9 Å². The molecule has 0 fully saturated rings. The number of rotatable bonds is 9. The summed E-state index contributed by atoms with van der Waals surface area (Å²) >= 11 is 0. The molecule has 2 aromatic rings. The fraction of sp³-hybridized carbons (Fsp3) is 0.409. The summed E-state index contributed by atoms with van der Waals surface area (Å²) in [5.41, 5.74) is 9.23. The number of likely N-dealkylation sites (N-methyl/N-ethyl adjacent to an activating group) is 1. The Morgan fingerprint density at radius 2 is 1.78 bits per heavy atom. The van der Waals surface area contributed by atoms with Gasteiger partial charge in [0.15, 0.2) is 0 Å². The molecule has 0 heterocycles. The van der Waals surface area contributed by atoms with Crippen molar-refractivity contribution in [3.8, 4) is 5.75 Å². The lowest BCUT2D eigenvalue weighted by Crippen LogP contribution is -2.41. The number of nitrogens with one attached hydrogen (secondary N) is 1. The second-order valence-electron chi connectivity index (χ2n) is 6.65. The molecular weight excluding hydrogens is 338 g/mol. The molecule has 0 aliphatic heterocycles. The van der Waals surface area contributed by atoms with Gasteiger partial charge in [-0.1, -0.05) is 55.8 Å². The van der Waals surface area contributed by atoms with Gasteiger partial charge in [-0.05, 0) is 43.3 Å². The van der Waals surface area contributed by atoms with Crippen LogP contribution in [-0.4, -0.2) is 37.6 Å². The molecule has 0 bridgehead atoms. The number of hydrogen-bond acceptors (Lipinski definition) is 4. The Labute approximate surface area is 162 Å². The van der Waals surface area contributed by atoms with Crippen molar-refractivity contribution in [1.82, 2.24) is 10.2 Å². The third kappa shape index (κ3) is 5.55. The number of methoxy groups -OCH3 is 1. The van der Waals surface area contributed by atoms with E-state index < -0.39 is 6.04 Å². The van der Waals surface area contributed by atoms with Crippen molar-refractivity contribution >= 4 is 5.91 Å². The van der Waals surface area contributed by atoms with Crippen molar-refractivity contribution in [3.63, 3.8) is 0 Å². The number of nitrogens with zero attached hydrogens (tertiary/aromatic N) is 1. The van der Waals surface area contributed by atoms with E-state index in [4.69, 9.17) is 10.5 Å². The maximum Gasteiger partial charge on any atom is 0.241 e. The van der Waals surface area contributed by atoms with E-state index in [1.165, 1.54) is 0 Å². The maximum atomic E-state index is 12.6. The van der Waals surface area contributed by atoms with Crippen LogP contribution in [0.15, 0.2) is 48.5 Å². The van der Waals surface area contributed by atoms with Gasteiger partial charge in [0.2, 0.25) is 5.91 Å². The van der Waals surface area contributed by atoms with Gasteiger partial charge in [-0.25, -0.2) is 0 Å². The summed E-state index contributed by atoms with van der Waals surface area (Å²) in [6.45, 7) is 8.52. The monoisotopic (exact) mass is 369 g/mol. The Balaban J connectivity index is 2.12. The van der Waals surface area contributed by atoms with Crippen LogP contribution in [0.25, 0.3) is 0 Å². The van der Waals surface area contributed by atoms with Gasteiger partial charge in [-0.15, -0.1) is 0 Å². The lowest BCUT2D eigenvalue weighted by Gasteiger charge is -2.31. The molecule has 3 N–H and O–H groups in total. The van der Waals surface area contributed by atoms with Crippen LogP contribution in [0.2, 0.25) is 0 Å². The first-order valence-corrected chi connectivity index (χ1v) is 9.48. The Kier molecular flexibility index (Phi) is 7.82. The van der Waals surface area contributed by atoms with Gasteiger partial charge >= 0.3 is 0 Å². The van der Waals surface area contributed by atoms with E-state index in [9.17, 15) is 4.79 Å². The molecular formula is C22H31N3O2. The summed E-state index contributed by atoms with van der Waals surface area (Å²) in [6.07, 6.45) is 0. The Hall–Kier alpha value is -2.37. The first-order chi connectivity index (χ1) is 13.0. The number of ether oxygens (including phenoxy) is 1. The summed E-state index contributed by atoms with van der Waals surface area (Å²) < 4.78 is 5.36. The fourth-order valence-corrected chi connectivity index (χ4v) is 3.20. The average molecular weight is 370 g/mol. The lowest BCUT2D eigenvalue weighted by molar-refractivity contribution is -0.122. The van der Waals surface area contributed by atoms with Crippen LogP contribution >= 0.6 is 0 Å². The van der Waals surface area contributed by atoms with Gasteiger partial charge in [0.05, 0.1) is 13.2 Å².